The molecule has 332 valence electrons. The molecule has 0 atom stereocenters. The van der Waals surface area contributed by atoms with Gasteiger partial charge in [0.05, 0.1) is 30.2 Å². The van der Waals surface area contributed by atoms with E-state index < -0.39 is 16.8 Å². The van der Waals surface area contributed by atoms with Gasteiger partial charge in [0.15, 0.2) is 0 Å². The normalized spacial score (nSPS) is 15.1. The molecule has 8 heteroatoms. The zero-order valence-electron chi connectivity index (χ0n) is 40.4. The van der Waals surface area contributed by atoms with Crippen molar-refractivity contribution in [1.82, 2.24) is 0 Å². The maximum atomic E-state index is 7.71. The molecule has 0 fully saturated rings. The molecule has 4 nitrogen and oxygen atoms in total. The molecule has 9 rings (SSSR count). The minimum atomic E-state index is -1.87. The highest BCUT2D eigenvalue weighted by molar-refractivity contribution is 8.00. The fourth-order valence-electron chi connectivity index (χ4n) is 8.95. The van der Waals surface area contributed by atoms with Gasteiger partial charge in [0.2, 0.25) is 0 Å². The summed E-state index contributed by atoms with van der Waals surface area (Å²) in [6.07, 6.45) is 0. The molecule has 1 aliphatic carbocycles. The molecule has 0 N–H and O–H groups in total. The summed E-state index contributed by atoms with van der Waals surface area (Å²) in [6, 6.07) is 31.6. The lowest BCUT2D eigenvalue weighted by atomic mass is 9.81. The van der Waals surface area contributed by atoms with Crippen molar-refractivity contribution in [2.75, 3.05) is 0 Å². The van der Waals surface area contributed by atoms with Gasteiger partial charge in [-0.15, -0.1) is 0 Å². The van der Waals surface area contributed by atoms with Crippen molar-refractivity contribution in [1.29, 1.82) is 0 Å². The van der Waals surface area contributed by atoms with Crippen LogP contribution in [0.1, 0.15) is 128 Å². The second kappa shape index (κ2) is 15.9. The van der Waals surface area contributed by atoms with E-state index in [1.54, 1.807) is 23.5 Å². The third-order valence-electron chi connectivity index (χ3n) is 12.2. The van der Waals surface area contributed by atoms with Crippen LogP contribution in [-0.2, 0) is 21.7 Å². The van der Waals surface area contributed by atoms with Crippen LogP contribution in [0.2, 0.25) is 0 Å². The fourth-order valence-corrected chi connectivity index (χ4v) is 15.2. The van der Waals surface area contributed by atoms with E-state index >= 15 is 0 Å². The maximum Gasteiger partial charge on any atom is 0.327 e. The van der Waals surface area contributed by atoms with Gasteiger partial charge in [0.25, 0.3) is 0 Å². The van der Waals surface area contributed by atoms with Crippen molar-refractivity contribution < 1.29 is 18.1 Å². The van der Waals surface area contributed by atoms with Crippen molar-refractivity contribution in [3.8, 4) is 45.3 Å². The Balaban J connectivity index is 1.37. The van der Waals surface area contributed by atoms with Crippen molar-refractivity contribution in [3.63, 3.8) is 0 Å². The lowest BCUT2D eigenvalue weighted by Gasteiger charge is -2.37. The Hall–Kier alpha value is -3.92. The molecule has 2 aliphatic heterocycles. The molecular formula is C56H62O4P2S2. The standard InChI is InChI=1S/C56H62O4P2S2/c1-31-23-38(53(5,6)7)48-43(27-31)63-44-28-32(2)24-39(54(8,9)10)49(44)58-61(57-48)42-22-21-37-35-19-17-18-20-36(35)47(37)52(42)62-59-50-40(55(11,12)13)25-33(3)29-45(50)64-46-30-34(4)26-41(51(46)60-62)56(14,15)16/h17-30H,1-16H3. The molecule has 2 heterocycles. The molecule has 0 unspecified atom stereocenters. The van der Waals surface area contributed by atoms with Crippen LogP contribution in [0.5, 0.6) is 23.0 Å². The summed E-state index contributed by atoms with van der Waals surface area (Å²) in [7, 11) is -3.71. The summed E-state index contributed by atoms with van der Waals surface area (Å²) in [6.45, 7) is 36.1. The molecular weight excluding hydrogens is 863 g/mol. The highest BCUT2D eigenvalue weighted by atomic mass is 32.2. The molecule has 6 aromatic carbocycles. The zero-order valence-corrected chi connectivity index (χ0v) is 43.8. The number of rotatable bonds is 2. The van der Waals surface area contributed by atoms with Crippen LogP contribution in [0.3, 0.4) is 0 Å². The molecule has 0 aromatic heterocycles. The molecule has 64 heavy (non-hydrogen) atoms. The number of aryl methyl sites for hydroxylation is 4. The van der Waals surface area contributed by atoms with Crippen molar-refractivity contribution in [3.05, 3.63) is 129 Å². The van der Waals surface area contributed by atoms with Crippen molar-refractivity contribution >= 4 is 50.9 Å². The molecule has 0 bridgehead atoms. The van der Waals surface area contributed by atoms with Crippen molar-refractivity contribution in [2.24, 2.45) is 0 Å². The molecule has 3 aliphatic rings. The predicted octanol–water partition coefficient (Wildman–Crippen LogP) is 16.9. The number of hydrogen-bond acceptors (Lipinski definition) is 6. The first kappa shape index (κ1) is 45.2. The summed E-state index contributed by atoms with van der Waals surface area (Å²) >= 11 is 3.51. The molecule has 0 spiro atoms. The third-order valence-corrected chi connectivity index (χ3v) is 17.4. The summed E-state index contributed by atoms with van der Waals surface area (Å²) in [5.74, 6) is 3.52. The number of hydrogen-bond donors (Lipinski definition) is 0. The molecule has 6 aromatic rings. The van der Waals surface area contributed by atoms with Crippen molar-refractivity contribution in [2.45, 2.75) is 152 Å². The monoisotopic (exact) mass is 924 g/mol. The second-order valence-corrected chi connectivity index (χ2v) is 26.9. The topological polar surface area (TPSA) is 36.9 Å². The van der Waals surface area contributed by atoms with Gasteiger partial charge >= 0.3 is 16.8 Å². The average Bonchev–Trinajstić information content (AvgIpc) is 3.15. The first-order chi connectivity index (χ1) is 29.9. The summed E-state index contributed by atoms with van der Waals surface area (Å²) in [4.78, 5) is 4.40. The van der Waals surface area contributed by atoms with E-state index in [0.29, 0.717) is 0 Å². The Morgan fingerprint density at radius 2 is 0.703 bits per heavy atom. The molecule has 0 radical (unpaired) electrons. The Morgan fingerprint density at radius 1 is 0.375 bits per heavy atom. The van der Waals surface area contributed by atoms with E-state index in [0.717, 1.165) is 81.0 Å². The quantitative estimate of drug-likeness (QED) is 0.161. The van der Waals surface area contributed by atoms with E-state index in [1.165, 1.54) is 38.9 Å². The van der Waals surface area contributed by atoms with Crippen LogP contribution in [0.25, 0.3) is 22.3 Å². The lowest BCUT2D eigenvalue weighted by molar-refractivity contribution is 0.450. The van der Waals surface area contributed by atoms with Gasteiger partial charge in [-0.3, -0.25) is 0 Å². The first-order valence-corrected chi connectivity index (χ1v) is 26.4. The summed E-state index contributed by atoms with van der Waals surface area (Å²) in [5.41, 5.74) is 13.4. The lowest BCUT2D eigenvalue weighted by Crippen LogP contribution is -2.33. The van der Waals surface area contributed by atoms with Gasteiger partial charge in [0.1, 0.15) is 23.0 Å². The van der Waals surface area contributed by atoms with E-state index in [4.69, 9.17) is 18.1 Å². The second-order valence-electron chi connectivity index (χ2n) is 22.0. The van der Waals surface area contributed by atoms with Crippen LogP contribution in [0.4, 0.5) is 0 Å². The highest BCUT2D eigenvalue weighted by Gasteiger charge is 2.43. The van der Waals surface area contributed by atoms with E-state index in [-0.39, 0.29) is 21.7 Å². The van der Waals surface area contributed by atoms with Crippen LogP contribution in [-0.4, -0.2) is 0 Å². The van der Waals surface area contributed by atoms with Gasteiger partial charge in [-0.1, -0.05) is 161 Å². The van der Waals surface area contributed by atoms with E-state index in [9.17, 15) is 0 Å². The van der Waals surface area contributed by atoms with Gasteiger partial charge in [-0.05, 0) is 119 Å². The number of benzene rings is 6. The fraction of sp³-hybridized carbons (Fsp3) is 0.357. The first-order valence-electron chi connectivity index (χ1n) is 22.4. The number of fused-ring (bicyclic) bond motifs is 8. The Labute approximate surface area is 393 Å². The molecule has 0 saturated carbocycles. The predicted molar refractivity (Wildman–Crippen MR) is 274 cm³/mol. The molecule has 0 amide bonds. The van der Waals surface area contributed by atoms with Gasteiger partial charge in [-0.25, -0.2) is 0 Å². The van der Waals surface area contributed by atoms with Crippen LogP contribution >= 0.6 is 40.3 Å². The van der Waals surface area contributed by atoms with E-state index in [2.05, 4.69) is 196 Å². The van der Waals surface area contributed by atoms with Crippen LogP contribution in [0.15, 0.2) is 105 Å². The minimum Gasteiger partial charge on any atom is -0.434 e. The largest absolute Gasteiger partial charge is 0.434 e. The smallest absolute Gasteiger partial charge is 0.327 e. The highest BCUT2D eigenvalue weighted by Crippen LogP contribution is 2.61. The minimum absolute atomic E-state index is 0.199. The maximum absolute atomic E-state index is 7.71. The molecule has 0 saturated heterocycles. The zero-order chi connectivity index (χ0) is 46.0. The average molecular weight is 925 g/mol. The van der Waals surface area contributed by atoms with E-state index in [1.807, 2.05) is 0 Å². The Morgan fingerprint density at radius 3 is 1.05 bits per heavy atom. The SMILES string of the molecule is Cc1cc2c(c(C(C)(C)C)c1)OP(c1ccc3c(c1P1Oc4c(cc(C)cc4C(C)(C)C)Sc4cc(C)cc(C(C)(C)C)c4O1)-c1ccccc1-3)Oc1c(cc(C)cc1C(C)(C)C)S2. The summed E-state index contributed by atoms with van der Waals surface area (Å²) < 4.78 is 30.7. The van der Waals surface area contributed by atoms with Crippen LogP contribution < -0.4 is 28.7 Å². The summed E-state index contributed by atoms with van der Waals surface area (Å²) in [5, 5.41) is 1.97. The Bertz CT molecular complexity index is 2750. The van der Waals surface area contributed by atoms with Crippen LogP contribution in [0, 0.1) is 27.7 Å². The van der Waals surface area contributed by atoms with Gasteiger partial charge in [-0.2, -0.15) is 0 Å². The van der Waals surface area contributed by atoms with Gasteiger partial charge < -0.3 is 18.1 Å². The van der Waals surface area contributed by atoms with Gasteiger partial charge in [0, 0.05) is 27.8 Å². The third kappa shape index (κ3) is 8.18. The Kier molecular flexibility index (Phi) is 11.2.